The molecule has 1 saturated heterocycles. The fraction of sp³-hybridized carbons (Fsp3) is 0.476. The van der Waals surface area contributed by atoms with E-state index in [0.717, 1.165) is 36.6 Å². The van der Waals surface area contributed by atoms with Gasteiger partial charge in [0, 0.05) is 30.4 Å². The van der Waals surface area contributed by atoms with Gasteiger partial charge < -0.3 is 29.5 Å². The lowest BCUT2D eigenvalue weighted by atomic mass is 9.75. The number of carbonyl (C=O) groups is 3. The van der Waals surface area contributed by atoms with Crippen molar-refractivity contribution in [1.82, 2.24) is 15.2 Å². The molecular formula is C21H27N3O5. The Morgan fingerprint density at radius 1 is 1.21 bits per heavy atom. The first kappa shape index (κ1) is 20.9. The smallest absolute Gasteiger partial charge is 0.229 e. The summed E-state index contributed by atoms with van der Waals surface area (Å²) in [5.74, 6) is 1.07. The number of fused-ring (bicyclic) bond motifs is 1. The van der Waals surface area contributed by atoms with Gasteiger partial charge in [0.05, 0.1) is 24.8 Å². The van der Waals surface area contributed by atoms with Crippen LogP contribution in [0.1, 0.15) is 29.8 Å². The Morgan fingerprint density at radius 2 is 1.97 bits per heavy atom. The molecule has 1 fully saturated rings. The summed E-state index contributed by atoms with van der Waals surface area (Å²) in [4.78, 5) is 39.8. The zero-order chi connectivity index (χ0) is 20.9. The average Bonchev–Trinajstić information content (AvgIpc) is 3.15. The van der Waals surface area contributed by atoms with Gasteiger partial charge >= 0.3 is 0 Å². The quantitative estimate of drug-likeness (QED) is 0.622. The third kappa shape index (κ3) is 4.42. The zero-order valence-electron chi connectivity index (χ0n) is 16.8. The molecule has 1 aliphatic heterocycles. The molecule has 1 amide bonds. The van der Waals surface area contributed by atoms with E-state index in [1.165, 1.54) is 0 Å². The summed E-state index contributed by atoms with van der Waals surface area (Å²) in [5, 5.41) is 4.08. The van der Waals surface area contributed by atoms with E-state index in [2.05, 4.69) is 10.3 Å². The molecule has 0 saturated carbocycles. The standard InChI is InChI=1S/C21H27N3O5/c1-24(20(27)21(5-9-25)3-6-22-7-4-21)8-10-29-19-12-15-11-16(14-26)23-17(15)13-18(19)28-2/h9,11-14,22-23H,3-8,10H2,1-2H3. The van der Waals surface area contributed by atoms with E-state index in [9.17, 15) is 14.4 Å². The number of benzene rings is 1. The van der Waals surface area contributed by atoms with E-state index < -0.39 is 5.41 Å². The number of aldehydes is 2. The number of nitrogens with zero attached hydrogens (tertiary/aromatic N) is 1. The van der Waals surface area contributed by atoms with Crippen molar-refractivity contribution in [1.29, 1.82) is 0 Å². The van der Waals surface area contributed by atoms with Crippen LogP contribution in [0.5, 0.6) is 11.5 Å². The fourth-order valence-electron chi connectivity index (χ4n) is 3.87. The number of H-pyrrole nitrogens is 1. The van der Waals surface area contributed by atoms with Crippen molar-refractivity contribution in [3.63, 3.8) is 0 Å². The van der Waals surface area contributed by atoms with Crippen LogP contribution in [0, 0.1) is 5.41 Å². The number of aromatic nitrogens is 1. The van der Waals surface area contributed by atoms with Gasteiger partial charge in [-0.3, -0.25) is 9.59 Å². The van der Waals surface area contributed by atoms with E-state index in [-0.39, 0.29) is 18.9 Å². The second-order valence-electron chi connectivity index (χ2n) is 7.41. The predicted octanol–water partition coefficient (Wildman–Crippen LogP) is 1.78. The second kappa shape index (κ2) is 9.09. The Balaban J connectivity index is 1.66. The SMILES string of the molecule is COc1cc2[nH]c(C=O)cc2cc1OCCN(C)C(=O)C1(CC=O)CCNCC1. The van der Waals surface area contributed by atoms with Gasteiger partial charge in [-0.1, -0.05) is 0 Å². The van der Waals surface area contributed by atoms with Gasteiger partial charge in [0.1, 0.15) is 12.9 Å². The van der Waals surface area contributed by atoms with Crippen molar-refractivity contribution in [2.75, 3.05) is 40.4 Å². The van der Waals surface area contributed by atoms with Crippen molar-refractivity contribution >= 4 is 29.4 Å². The summed E-state index contributed by atoms with van der Waals surface area (Å²) < 4.78 is 11.3. The van der Waals surface area contributed by atoms with E-state index in [1.807, 2.05) is 0 Å². The number of carbonyl (C=O) groups excluding carboxylic acids is 3. The molecule has 0 unspecified atom stereocenters. The minimum absolute atomic E-state index is 0.0154. The third-order valence-electron chi connectivity index (χ3n) is 5.57. The molecule has 2 heterocycles. The van der Waals surface area contributed by atoms with E-state index in [0.29, 0.717) is 36.6 Å². The van der Waals surface area contributed by atoms with Gasteiger partial charge in [-0.2, -0.15) is 0 Å². The van der Waals surface area contributed by atoms with Crippen LogP contribution in [0.4, 0.5) is 0 Å². The largest absolute Gasteiger partial charge is 0.493 e. The molecule has 0 bridgehead atoms. The Hall–Kier alpha value is -2.87. The molecule has 156 valence electrons. The van der Waals surface area contributed by atoms with E-state index >= 15 is 0 Å². The molecular weight excluding hydrogens is 374 g/mol. The molecule has 1 aromatic heterocycles. The maximum Gasteiger partial charge on any atom is 0.229 e. The number of hydrogen-bond donors (Lipinski definition) is 2. The average molecular weight is 401 g/mol. The Morgan fingerprint density at radius 3 is 2.62 bits per heavy atom. The topological polar surface area (TPSA) is 101 Å². The first-order valence-electron chi connectivity index (χ1n) is 9.71. The van der Waals surface area contributed by atoms with Gasteiger partial charge in [-0.25, -0.2) is 0 Å². The highest BCUT2D eigenvalue weighted by atomic mass is 16.5. The molecule has 2 N–H and O–H groups in total. The van der Waals surface area contributed by atoms with Crippen molar-refractivity contribution in [3.05, 3.63) is 23.9 Å². The van der Waals surface area contributed by atoms with Gasteiger partial charge in [0.2, 0.25) is 5.91 Å². The summed E-state index contributed by atoms with van der Waals surface area (Å²) in [6.07, 6.45) is 3.16. The fourth-order valence-corrected chi connectivity index (χ4v) is 3.87. The van der Waals surface area contributed by atoms with Gasteiger partial charge in [-0.15, -0.1) is 0 Å². The van der Waals surface area contributed by atoms with Gasteiger partial charge in [-0.05, 0) is 38.1 Å². The van der Waals surface area contributed by atoms with Crippen LogP contribution in [-0.2, 0) is 9.59 Å². The number of ether oxygens (including phenoxy) is 2. The number of nitrogens with one attached hydrogen (secondary N) is 2. The highest BCUT2D eigenvalue weighted by molar-refractivity contribution is 5.90. The highest BCUT2D eigenvalue weighted by Gasteiger charge is 2.40. The van der Waals surface area contributed by atoms with Gasteiger partial charge in [0.25, 0.3) is 0 Å². The molecule has 1 aliphatic rings. The Bertz CT molecular complexity index is 886. The molecule has 8 heteroatoms. The maximum atomic E-state index is 13.0. The minimum Gasteiger partial charge on any atom is -0.493 e. The van der Waals surface area contributed by atoms with Crippen LogP contribution in [0.2, 0.25) is 0 Å². The number of amides is 1. The van der Waals surface area contributed by atoms with Crippen LogP contribution in [0.25, 0.3) is 10.9 Å². The van der Waals surface area contributed by atoms with Crippen LogP contribution in [-0.4, -0.2) is 68.8 Å². The number of aromatic amines is 1. The summed E-state index contributed by atoms with van der Waals surface area (Å²) in [6.45, 7) is 2.15. The molecule has 3 rings (SSSR count). The predicted molar refractivity (Wildman–Crippen MR) is 109 cm³/mol. The summed E-state index contributed by atoms with van der Waals surface area (Å²) >= 11 is 0. The Labute approximate surface area is 169 Å². The molecule has 29 heavy (non-hydrogen) atoms. The lowest BCUT2D eigenvalue weighted by molar-refractivity contribution is -0.144. The zero-order valence-corrected chi connectivity index (χ0v) is 16.8. The molecule has 0 atom stereocenters. The molecule has 8 nitrogen and oxygen atoms in total. The molecule has 2 aromatic rings. The number of piperidine rings is 1. The summed E-state index contributed by atoms with van der Waals surface area (Å²) in [5.41, 5.74) is 0.645. The monoisotopic (exact) mass is 401 g/mol. The van der Waals surface area contributed by atoms with Crippen LogP contribution >= 0.6 is 0 Å². The second-order valence-corrected chi connectivity index (χ2v) is 7.41. The normalized spacial score (nSPS) is 15.7. The first-order valence-corrected chi connectivity index (χ1v) is 9.71. The lowest BCUT2D eigenvalue weighted by Crippen LogP contribution is -2.49. The molecule has 0 radical (unpaired) electrons. The number of hydrogen-bond acceptors (Lipinski definition) is 6. The molecule has 1 aromatic carbocycles. The van der Waals surface area contributed by atoms with E-state index in [1.54, 1.807) is 37.3 Å². The van der Waals surface area contributed by atoms with Crippen molar-refractivity contribution < 1.29 is 23.9 Å². The van der Waals surface area contributed by atoms with Crippen molar-refractivity contribution in [2.24, 2.45) is 5.41 Å². The van der Waals surface area contributed by atoms with E-state index in [4.69, 9.17) is 9.47 Å². The van der Waals surface area contributed by atoms with Crippen LogP contribution in [0.15, 0.2) is 18.2 Å². The summed E-state index contributed by atoms with van der Waals surface area (Å²) in [6, 6.07) is 5.32. The van der Waals surface area contributed by atoms with Gasteiger partial charge in [0.15, 0.2) is 17.8 Å². The third-order valence-corrected chi connectivity index (χ3v) is 5.57. The van der Waals surface area contributed by atoms with Crippen LogP contribution < -0.4 is 14.8 Å². The maximum absolute atomic E-state index is 13.0. The Kier molecular flexibility index (Phi) is 6.53. The van der Waals surface area contributed by atoms with Crippen LogP contribution in [0.3, 0.4) is 0 Å². The van der Waals surface area contributed by atoms with Crippen molar-refractivity contribution in [3.8, 4) is 11.5 Å². The number of methoxy groups -OCH3 is 1. The molecule has 0 aliphatic carbocycles. The lowest BCUT2D eigenvalue weighted by Gasteiger charge is -2.37. The highest BCUT2D eigenvalue weighted by Crippen LogP contribution is 2.34. The first-order chi connectivity index (χ1) is 14.0. The summed E-state index contributed by atoms with van der Waals surface area (Å²) in [7, 11) is 3.29. The van der Waals surface area contributed by atoms with Crippen molar-refractivity contribution in [2.45, 2.75) is 19.3 Å². The number of likely N-dealkylation sites (N-methyl/N-ethyl adjacent to an activating group) is 1. The minimum atomic E-state index is -0.616. The molecule has 0 spiro atoms. The number of rotatable bonds is 9.